The van der Waals surface area contributed by atoms with Crippen LogP contribution >= 0.6 is 0 Å². The van der Waals surface area contributed by atoms with E-state index in [2.05, 4.69) is 23.7 Å². The van der Waals surface area contributed by atoms with Gasteiger partial charge in [0.1, 0.15) is 5.75 Å². The van der Waals surface area contributed by atoms with Gasteiger partial charge in [0.05, 0.1) is 0 Å². The van der Waals surface area contributed by atoms with Gasteiger partial charge in [-0.25, -0.2) is 0 Å². The number of piperidine rings is 2. The maximum atomic E-state index is 9.87. The highest BCUT2D eigenvalue weighted by Crippen LogP contribution is 2.52. The number of nitrogens with one attached hydrogen (secondary N) is 1. The highest BCUT2D eigenvalue weighted by Gasteiger charge is 2.51. The van der Waals surface area contributed by atoms with E-state index in [4.69, 9.17) is 0 Å². The van der Waals surface area contributed by atoms with Crippen LogP contribution in [-0.4, -0.2) is 34.1 Å². The predicted molar refractivity (Wildman–Crippen MR) is 88.2 cm³/mol. The summed E-state index contributed by atoms with van der Waals surface area (Å²) < 4.78 is 0. The van der Waals surface area contributed by atoms with Gasteiger partial charge in [0.25, 0.3) is 0 Å². The average molecular weight is 296 g/mol. The predicted octanol–water partition coefficient (Wildman–Crippen LogP) is 3.49. The molecule has 2 aromatic rings. The van der Waals surface area contributed by atoms with Crippen molar-refractivity contribution >= 4 is 10.9 Å². The van der Waals surface area contributed by atoms with Crippen molar-refractivity contribution in [2.24, 2.45) is 17.8 Å². The Kier molecular flexibility index (Phi) is 2.53. The number of benzene rings is 1. The van der Waals surface area contributed by atoms with Gasteiger partial charge < -0.3 is 10.1 Å². The van der Waals surface area contributed by atoms with Crippen LogP contribution < -0.4 is 0 Å². The molecule has 0 amide bonds. The molecule has 3 heteroatoms. The third-order valence-corrected chi connectivity index (χ3v) is 6.91. The first-order chi connectivity index (χ1) is 10.6. The molecule has 1 saturated carbocycles. The first kappa shape index (κ1) is 13.0. The van der Waals surface area contributed by atoms with Crippen molar-refractivity contribution in [2.45, 2.75) is 38.6 Å². The molecule has 0 spiro atoms. The molecule has 1 aromatic carbocycles. The van der Waals surface area contributed by atoms with Gasteiger partial charge in [-0.1, -0.05) is 13.8 Å². The zero-order valence-corrected chi connectivity index (χ0v) is 13.3. The van der Waals surface area contributed by atoms with Gasteiger partial charge in [-0.15, -0.1) is 0 Å². The fraction of sp³-hybridized carbons (Fsp3) is 0.579. The van der Waals surface area contributed by atoms with Gasteiger partial charge in [-0.2, -0.15) is 0 Å². The SMILES string of the molecule is CC1C(C)[C@H]2C[C@H]3c4[nH]c5ccc(O)cc5c4CCN(C2)C13. The number of aromatic amines is 1. The van der Waals surface area contributed by atoms with E-state index >= 15 is 0 Å². The summed E-state index contributed by atoms with van der Waals surface area (Å²) in [7, 11) is 0. The molecule has 116 valence electrons. The van der Waals surface area contributed by atoms with Crippen molar-refractivity contribution in [1.29, 1.82) is 0 Å². The summed E-state index contributed by atoms with van der Waals surface area (Å²) in [5, 5.41) is 11.1. The topological polar surface area (TPSA) is 39.3 Å². The van der Waals surface area contributed by atoms with Crippen molar-refractivity contribution in [2.75, 3.05) is 13.1 Å². The number of rotatable bonds is 0. The molecule has 2 N–H and O–H groups in total. The van der Waals surface area contributed by atoms with Crippen LogP contribution in [0.1, 0.15) is 37.4 Å². The Morgan fingerprint density at radius 1 is 1.23 bits per heavy atom. The van der Waals surface area contributed by atoms with Gasteiger partial charge in [0, 0.05) is 41.6 Å². The second kappa shape index (κ2) is 4.29. The molecule has 4 bridgehead atoms. The molecule has 1 aromatic heterocycles. The maximum absolute atomic E-state index is 9.87. The number of hydrogen-bond acceptors (Lipinski definition) is 2. The minimum atomic E-state index is 0.380. The highest BCUT2D eigenvalue weighted by atomic mass is 16.3. The molecule has 0 radical (unpaired) electrons. The molecule has 3 nitrogen and oxygen atoms in total. The van der Waals surface area contributed by atoms with E-state index < -0.39 is 0 Å². The maximum Gasteiger partial charge on any atom is 0.116 e. The molecule has 4 aliphatic rings. The average Bonchev–Trinajstić information content (AvgIpc) is 2.82. The van der Waals surface area contributed by atoms with Crippen molar-refractivity contribution in [1.82, 2.24) is 9.88 Å². The molecule has 6 rings (SSSR count). The molecular weight excluding hydrogens is 272 g/mol. The second-order valence-electron chi connectivity index (χ2n) is 7.80. The van der Waals surface area contributed by atoms with Crippen LogP contribution in [-0.2, 0) is 6.42 Å². The molecule has 4 heterocycles. The van der Waals surface area contributed by atoms with Crippen LogP contribution in [0, 0.1) is 17.8 Å². The van der Waals surface area contributed by atoms with Crippen molar-refractivity contribution in [3.05, 3.63) is 29.5 Å². The van der Waals surface area contributed by atoms with Crippen LogP contribution in [0.15, 0.2) is 18.2 Å². The van der Waals surface area contributed by atoms with Gasteiger partial charge in [-0.3, -0.25) is 4.90 Å². The third-order valence-electron chi connectivity index (χ3n) is 6.91. The van der Waals surface area contributed by atoms with E-state index in [9.17, 15) is 5.11 Å². The minimum absolute atomic E-state index is 0.380. The normalized spacial score (nSPS) is 39.7. The Balaban J connectivity index is 1.70. The fourth-order valence-electron chi connectivity index (χ4n) is 5.66. The van der Waals surface area contributed by atoms with E-state index in [0.717, 1.165) is 24.2 Å². The van der Waals surface area contributed by atoms with Crippen molar-refractivity contribution in [3.63, 3.8) is 0 Å². The number of nitrogens with zero attached hydrogens (tertiary/aromatic N) is 1. The standard InChI is InChI=1S/C19H24N2O/c1-10-11(2)19-16-7-12(10)9-21(19)6-5-14-15-8-13(22)3-4-17(15)20-18(14)16/h3-4,8,10-12,16,19-20,22H,5-7,9H2,1-2H3/t10?,11?,12-,16-,19?/m0/s1. The monoisotopic (exact) mass is 296 g/mol. The van der Waals surface area contributed by atoms with E-state index in [1.807, 2.05) is 12.1 Å². The quantitative estimate of drug-likeness (QED) is 0.781. The lowest BCUT2D eigenvalue weighted by Gasteiger charge is -2.55. The molecule has 3 fully saturated rings. The van der Waals surface area contributed by atoms with Crippen LogP contribution in [0.25, 0.3) is 10.9 Å². The summed E-state index contributed by atoms with van der Waals surface area (Å²) in [5.74, 6) is 3.51. The van der Waals surface area contributed by atoms with E-state index in [1.165, 1.54) is 41.7 Å². The Morgan fingerprint density at radius 3 is 2.91 bits per heavy atom. The molecule has 1 aliphatic carbocycles. The summed E-state index contributed by atoms with van der Waals surface area (Å²) in [4.78, 5) is 6.48. The molecule has 4 unspecified atom stereocenters. The third kappa shape index (κ3) is 1.55. The lowest BCUT2D eigenvalue weighted by atomic mass is 9.61. The van der Waals surface area contributed by atoms with Crippen molar-refractivity contribution < 1.29 is 5.11 Å². The Morgan fingerprint density at radius 2 is 2.09 bits per heavy atom. The fourth-order valence-corrected chi connectivity index (χ4v) is 5.66. The van der Waals surface area contributed by atoms with Gasteiger partial charge in [0.2, 0.25) is 0 Å². The number of hydrogen-bond donors (Lipinski definition) is 2. The zero-order chi connectivity index (χ0) is 15.0. The van der Waals surface area contributed by atoms with Gasteiger partial charge >= 0.3 is 0 Å². The van der Waals surface area contributed by atoms with E-state index in [1.54, 1.807) is 6.07 Å². The highest BCUT2D eigenvalue weighted by molar-refractivity contribution is 5.86. The van der Waals surface area contributed by atoms with Gasteiger partial charge in [-0.05, 0) is 54.4 Å². The zero-order valence-electron chi connectivity index (χ0n) is 13.3. The summed E-state index contributed by atoms with van der Waals surface area (Å²) in [6.45, 7) is 7.38. The first-order valence-electron chi connectivity index (χ1n) is 8.71. The van der Waals surface area contributed by atoms with E-state index in [0.29, 0.717) is 17.7 Å². The van der Waals surface area contributed by atoms with Crippen LogP contribution in [0.4, 0.5) is 0 Å². The lowest BCUT2D eigenvalue weighted by Crippen LogP contribution is -2.59. The number of phenols is 1. The lowest BCUT2D eigenvalue weighted by molar-refractivity contribution is -0.0454. The van der Waals surface area contributed by atoms with Crippen molar-refractivity contribution in [3.8, 4) is 5.75 Å². The number of H-pyrrole nitrogens is 1. The summed E-state index contributed by atoms with van der Waals surface area (Å²) >= 11 is 0. The number of phenolic OH excluding ortho intramolecular Hbond substituents is 1. The van der Waals surface area contributed by atoms with Crippen LogP contribution in [0.3, 0.4) is 0 Å². The summed E-state index contributed by atoms with van der Waals surface area (Å²) in [5.41, 5.74) is 4.13. The number of fused-ring (bicyclic) bond motifs is 4. The van der Waals surface area contributed by atoms with E-state index in [-0.39, 0.29) is 0 Å². The smallest absolute Gasteiger partial charge is 0.116 e. The number of aromatic nitrogens is 1. The Bertz CT molecular complexity index is 747. The van der Waals surface area contributed by atoms with Crippen LogP contribution in [0.5, 0.6) is 5.75 Å². The molecule has 6 atom stereocenters. The Labute approximate surface area is 131 Å². The molecule has 3 aliphatic heterocycles. The molecular formula is C19H24N2O. The molecule has 2 saturated heterocycles. The summed E-state index contributed by atoms with van der Waals surface area (Å²) in [6, 6.07) is 6.47. The Hall–Kier alpha value is -1.48. The minimum Gasteiger partial charge on any atom is -0.508 e. The van der Waals surface area contributed by atoms with Gasteiger partial charge in [0.15, 0.2) is 0 Å². The second-order valence-corrected chi connectivity index (χ2v) is 7.80. The number of aromatic hydroxyl groups is 1. The first-order valence-corrected chi connectivity index (χ1v) is 8.71. The molecule has 22 heavy (non-hydrogen) atoms. The largest absolute Gasteiger partial charge is 0.508 e. The summed E-state index contributed by atoms with van der Waals surface area (Å²) in [6.07, 6.45) is 2.44. The van der Waals surface area contributed by atoms with Crippen LogP contribution in [0.2, 0.25) is 0 Å².